The second kappa shape index (κ2) is 9.16. The molecule has 1 amide bonds. The summed E-state index contributed by atoms with van der Waals surface area (Å²) >= 11 is 4.45. The van der Waals surface area contributed by atoms with Gasteiger partial charge in [0.15, 0.2) is 0 Å². The van der Waals surface area contributed by atoms with Gasteiger partial charge in [-0.05, 0) is 41.3 Å². The Balaban J connectivity index is 0.00000225. The molecular weight excluding hydrogens is 362 g/mol. The molecule has 0 aliphatic carbocycles. The van der Waals surface area contributed by atoms with Crippen molar-refractivity contribution in [2.45, 2.75) is 12.8 Å². The smallest absolute Gasteiger partial charge is 0.652 e. The van der Waals surface area contributed by atoms with Crippen LogP contribution in [0.2, 0.25) is 0 Å². The Morgan fingerprint density at radius 1 is 1.24 bits per heavy atom. The van der Waals surface area contributed by atoms with E-state index in [1.807, 2.05) is 18.2 Å². The fraction of sp³-hybridized carbons (Fsp3) is 0.105. The summed E-state index contributed by atoms with van der Waals surface area (Å²) in [7, 11) is 0. The van der Waals surface area contributed by atoms with E-state index >= 15 is 0 Å². The van der Waals surface area contributed by atoms with Gasteiger partial charge < -0.3 is 10.6 Å². The predicted molar refractivity (Wildman–Crippen MR) is 98.9 cm³/mol. The van der Waals surface area contributed by atoms with E-state index in [1.165, 1.54) is 12.1 Å². The topological polar surface area (TPSA) is 43.2 Å². The number of hydrogen-bond acceptors (Lipinski definition) is 2. The van der Waals surface area contributed by atoms with Gasteiger partial charge in [0.2, 0.25) is 5.91 Å². The van der Waals surface area contributed by atoms with Gasteiger partial charge >= 0.3 is 51.4 Å². The summed E-state index contributed by atoms with van der Waals surface area (Å²) in [6.45, 7) is 3.77. The molecule has 1 heterocycles. The molecule has 0 spiro atoms. The summed E-state index contributed by atoms with van der Waals surface area (Å²) in [6.07, 6.45) is 2.77. The molecule has 0 radical (unpaired) electrons. The SMILES string of the molecule is C=C/C(=C(\S)[N-]c1ccc2c(c1)CCC(=O)N2)c1cccc(F)c1.[K+]. The number of hydrogen-bond donors (Lipinski definition) is 2. The van der Waals surface area contributed by atoms with Crippen LogP contribution in [0.1, 0.15) is 17.5 Å². The molecule has 0 fully saturated rings. The Morgan fingerprint density at radius 3 is 2.76 bits per heavy atom. The summed E-state index contributed by atoms with van der Waals surface area (Å²) in [5, 5.41) is 7.79. The number of halogens is 1. The van der Waals surface area contributed by atoms with E-state index in [-0.39, 0.29) is 63.1 Å². The minimum atomic E-state index is -0.322. The quantitative estimate of drug-likeness (QED) is 0.478. The van der Waals surface area contributed by atoms with E-state index < -0.39 is 0 Å². The summed E-state index contributed by atoms with van der Waals surface area (Å²) < 4.78 is 13.4. The number of anilines is 1. The van der Waals surface area contributed by atoms with Gasteiger partial charge in [-0.25, -0.2) is 4.39 Å². The molecule has 1 aliphatic rings. The Morgan fingerprint density at radius 2 is 2.04 bits per heavy atom. The van der Waals surface area contributed by atoms with Gasteiger partial charge in [0.1, 0.15) is 5.82 Å². The van der Waals surface area contributed by atoms with E-state index in [4.69, 9.17) is 0 Å². The number of thiol groups is 1. The monoisotopic (exact) mass is 378 g/mol. The van der Waals surface area contributed by atoms with Crippen LogP contribution in [0.5, 0.6) is 0 Å². The normalized spacial score (nSPS) is 13.8. The number of carbonyl (C=O) groups excluding carboxylic acids is 1. The van der Waals surface area contributed by atoms with Crippen molar-refractivity contribution in [3.05, 3.63) is 82.4 Å². The first-order valence-corrected chi connectivity index (χ1v) is 7.97. The molecule has 25 heavy (non-hydrogen) atoms. The number of aryl methyl sites for hydroxylation is 1. The van der Waals surface area contributed by atoms with Gasteiger partial charge in [0.05, 0.1) is 0 Å². The van der Waals surface area contributed by atoms with Crippen molar-refractivity contribution in [3.63, 3.8) is 0 Å². The molecule has 1 N–H and O–H groups in total. The molecule has 0 atom stereocenters. The maximum atomic E-state index is 13.4. The second-order valence-electron chi connectivity index (χ2n) is 5.45. The van der Waals surface area contributed by atoms with Crippen LogP contribution in [0.4, 0.5) is 15.8 Å². The van der Waals surface area contributed by atoms with Crippen LogP contribution in [-0.2, 0) is 11.2 Å². The molecule has 0 aromatic heterocycles. The van der Waals surface area contributed by atoms with Gasteiger partial charge in [-0.1, -0.05) is 41.9 Å². The molecule has 2 aromatic rings. The molecule has 0 unspecified atom stereocenters. The number of fused-ring (bicyclic) bond motifs is 1. The van der Waals surface area contributed by atoms with Crippen LogP contribution < -0.4 is 56.7 Å². The fourth-order valence-electron chi connectivity index (χ4n) is 2.62. The Kier molecular flexibility index (Phi) is 7.48. The van der Waals surface area contributed by atoms with Crippen molar-refractivity contribution in [1.29, 1.82) is 0 Å². The Bertz CT molecular complexity index is 851. The Labute approximate surface area is 194 Å². The van der Waals surface area contributed by atoms with Crippen LogP contribution >= 0.6 is 12.6 Å². The van der Waals surface area contributed by atoms with Crippen molar-refractivity contribution in [2.24, 2.45) is 0 Å². The summed E-state index contributed by atoms with van der Waals surface area (Å²) in [4.78, 5) is 11.4. The van der Waals surface area contributed by atoms with Crippen molar-refractivity contribution >= 4 is 35.5 Å². The maximum Gasteiger partial charge on any atom is 1.00 e. The Hall–Kier alpha value is -0.894. The zero-order chi connectivity index (χ0) is 17.1. The van der Waals surface area contributed by atoms with E-state index in [0.29, 0.717) is 29.0 Å². The largest absolute Gasteiger partial charge is 1.00 e. The molecule has 3 nitrogen and oxygen atoms in total. The van der Waals surface area contributed by atoms with Gasteiger partial charge in [-0.3, -0.25) is 4.79 Å². The van der Waals surface area contributed by atoms with Crippen LogP contribution in [-0.4, -0.2) is 5.91 Å². The van der Waals surface area contributed by atoms with Crippen LogP contribution in [0.25, 0.3) is 10.9 Å². The number of nitrogens with one attached hydrogen (secondary N) is 1. The molecule has 3 rings (SSSR count). The van der Waals surface area contributed by atoms with Gasteiger partial charge in [0.25, 0.3) is 0 Å². The average Bonchev–Trinajstić information content (AvgIpc) is 2.56. The number of nitrogens with zero attached hydrogens (tertiary/aromatic N) is 1. The van der Waals surface area contributed by atoms with Crippen molar-refractivity contribution in [2.75, 3.05) is 5.32 Å². The number of benzene rings is 2. The molecule has 0 bridgehead atoms. The number of allylic oxidation sites excluding steroid dienone is 2. The summed E-state index contributed by atoms with van der Waals surface area (Å²) in [5.41, 5.74) is 3.92. The van der Waals surface area contributed by atoms with E-state index in [0.717, 1.165) is 16.9 Å². The molecule has 1 aliphatic heterocycles. The molecular formula is C19H16FKN2OS. The minimum Gasteiger partial charge on any atom is -0.652 e. The number of carbonyl (C=O) groups is 1. The number of rotatable bonds is 4. The fourth-order valence-corrected chi connectivity index (χ4v) is 2.95. The molecule has 122 valence electrons. The molecule has 6 heteroatoms. The average molecular weight is 379 g/mol. The van der Waals surface area contributed by atoms with Crippen LogP contribution in [0.3, 0.4) is 0 Å². The molecule has 0 saturated carbocycles. The second-order valence-corrected chi connectivity index (χ2v) is 5.88. The summed E-state index contributed by atoms with van der Waals surface area (Å²) in [5.74, 6) is -0.292. The third kappa shape index (κ3) is 5.06. The zero-order valence-electron chi connectivity index (χ0n) is 13.9. The molecule has 2 aromatic carbocycles. The third-order valence-electron chi connectivity index (χ3n) is 3.80. The first-order valence-electron chi connectivity index (χ1n) is 7.53. The van der Waals surface area contributed by atoms with E-state index in [2.05, 4.69) is 29.8 Å². The predicted octanol–water partition coefficient (Wildman–Crippen LogP) is 2.20. The summed E-state index contributed by atoms with van der Waals surface area (Å²) in [6, 6.07) is 11.8. The zero-order valence-corrected chi connectivity index (χ0v) is 17.9. The van der Waals surface area contributed by atoms with Crippen LogP contribution in [0.15, 0.2) is 60.1 Å². The van der Waals surface area contributed by atoms with E-state index in [9.17, 15) is 9.18 Å². The van der Waals surface area contributed by atoms with Gasteiger partial charge in [0, 0.05) is 12.1 Å². The van der Waals surface area contributed by atoms with Crippen molar-refractivity contribution in [3.8, 4) is 0 Å². The third-order valence-corrected chi connectivity index (χ3v) is 4.14. The molecule has 0 saturated heterocycles. The number of amides is 1. The van der Waals surface area contributed by atoms with Gasteiger partial charge in [-0.15, -0.1) is 5.69 Å². The van der Waals surface area contributed by atoms with Crippen molar-refractivity contribution in [1.82, 2.24) is 0 Å². The maximum absolute atomic E-state index is 13.4. The van der Waals surface area contributed by atoms with Gasteiger partial charge in [-0.2, -0.15) is 12.6 Å². The standard InChI is InChI=1S/C19H16FN2OS.K/c1-2-16(12-4-3-5-14(20)10-12)19(24)21-15-7-8-17-13(11-15)6-9-18(23)22-17;/h2-5,7-8,10-11,24H,1,6,9H2,(H,22,23);/q-1;+1/b19-16+;. The van der Waals surface area contributed by atoms with Crippen LogP contribution in [0, 0.1) is 5.82 Å². The first kappa shape index (κ1) is 20.4. The minimum absolute atomic E-state index is 0. The first-order chi connectivity index (χ1) is 11.6. The van der Waals surface area contributed by atoms with E-state index in [1.54, 1.807) is 18.2 Å². The van der Waals surface area contributed by atoms with Crippen molar-refractivity contribution < 1.29 is 60.6 Å².